The first-order valence-corrected chi connectivity index (χ1v) is 8.24. The van der Waals surface area contributed by atoms with Gasteiger partial charge in [0.25, 0.3) is 0 Å². The van der Waals surface area contributed by atoms with Crippen LogP contribution in [0.25, 0.3) is 0 Å². The lowest BCUT2D eigenvalue weighted by atomic mass is 10.1. The van der Waals surface area contributed by atoms with Gasteiger partial charge in [-0.2, -0.15) is 0 Å². The van der Waals surface area contributed by atoms with Crippen LogP contribution in [0.1, 0.15) is 30.9 Å². The molecule has 4 heteroatoms. The van der Waals surface area contributed by atoms with Crippen molar-refractivity contribution >= 4 is 23.2 Å². The minimum atomic E-state index is 0.00475. The largest absolute Gasteiger partial charge is 0.494 e. The molecule has 1 N–H and O–H groups in total. The van der Waals surface area contributed by atoms with Crippen LogP contribution in [0.15, 0.2) is 42.5 Å². The lowest BCUT2D eigenvalue weighted by molar-refractivity contribution is -0.116. The fourth-order valence-corrected chi connectivity index (χ4v) is 2.29. The van der Waals surface area contributed by atoms with Gasteiger partial charge in [-0.1, -0.05) is 30.7 Å². The Balaban J connectivity index is 1.70. The molecule has 1 amide bonds. The van der Waals surface area contributed by atoms with Gasteiger partial charge in [0.1, 0.15) is 5.75 Å². The van der Waals surface area contributed by atoms with E-state index in [1.807, 2.05) is 49.4 Å². The lowest BCUT2D eigenvalue weighted by Crippen LogP contribution is -2.12. The monoisotopic (exact) mass is 331 g/mol. The molecule has 0 aromatic heterocycles. The quantitative estimate of drug-likeness (QED) is 0.724. The van der Waals surface area contributed by atoms with Crippen molar-refractivity contribution in [2.45, 2.75) is 33.1 Å². The van der Waals surface area contributed by atoms with Crippen LogP contribution in [-0.2, 0) is 11.2 Å². The number of carbonyl (C=O) groups is 1. The molecule has 0 heterocycles. The van der Waals surface area contributed by atoms with Gasteiger partial charge in [0.05, 0.1) is 6.61 Å². The third-order valence-electron chi connectivity index (χ3n) is 3.59. The number of ether oxygens (including phenoxy) is 1. The maximum atomic E-state index is 11.9. The second kappa shape index (κ2) is 8.59. The molecular formula is C19H22ClNO2. The van der Waals surface area contributed by atoms with Gasteiger partial charge < -0.3 is 10.1 Å². The van der Waals surface area contributed by atoms with Crippen molar-refractivity contribution in [2.75, 3.05) is 11.9 Å². The molecule has 2 aromatic rings. The zero-order valence-corrected chi connectivity index (χ0v) is 14.3. The van der Waals surface area contributed by atoms with Crippen molar-refractivity contribution in [3.8, 4) is 5.75 Å². The van der Waals surface area contributed by atoms with E-state index in [4.69, 9.17) is 16.3 Å². The van der Waals surface area contributed by atoms with Crippen molar-refractivity contribution in [1.82, 2.24) is 0 Å². The average molecular weight is 332 g/mol. The van der Waals surface area contributed by atoms with Gasteiger partial charge in [-0.3, -0.25) is 4.79 Å². The van der Waals surface area contributed by atoms with Crippen molar-refractivity contribution in [3.05, 3.63) is 58.6 Å². The summed E-state index contributed by atoms with van der Waals surface area (Å²) in [5, 5.41) is 3.62. The zero-order valence-electron chi connectivity index (χ0n) is 13.6. The third-order valence-corrected chi connectivity index (χ3v) is 4.02. The number of hydrogen-bond donors (Lipinski definition) is 1. The molecule has 0 fully saturated rings. The minimum Gasteiger partial charge on any atom is -0.494 e. The van der Waals surface area contributed by atoms with E-state index < -0.39 is 0 Å². The molecule has 0 saturated carbocycles. The van der Waals surface area contributed by atoms with E-state index >= 15 is 0 Å². The van der Waals surface area contributed by atoms with Gasteiger partial charge in [-0.15, -0.1) is 0 Å². The molecule has 23 heavy (non-hydrogen) atoms. The summed E-state index contributed by atoms with van der Waals surface area (Å²) >= 11 is 5.97. The molecule has 0 aliphatic carbocycles. The van der Waals surface area contributed by atoms with Crippen molar-refractivity contribution < 1.29 is 9.53 Å². The molecular weight excluding hydrogens is 310 g/mol. The highest BCUT2D eigenvalue weighted by Crippen LogP contribution is 2.21. The molecule has 0 spiro atoms. The van der Waals surface area contributed by atoms with E-state index in [0.29, 0.717) is 19.4 Å². The predicted molar refractivity (Wildman–Crippen MR) is 95.4 cm³/mol. The van der Waals surface area contributed by atoms with Gasteiger partial charge in [-0.05, 0) is 61.2 Å². The number of aryl methyl sites for hydroxylation is 2. The molecule has 0 aliphatic heterocycles. The van der Waals surface area contributed by atoms with Crippen molar-refractivity contribution in [1.29, 1.82) is 0 Å². The molecule has 0 aliphatic rings. The van der Waals surface area contributed by atoms with Crippen LogP contribution in [0.3, 0.4) is 0 Å². The van der Waals surface area contributed by atoms with E-state index in [0.717, 1.165) is 28.4 Å². The van der Waals surface area contributed by atoms with Gasteiger partial charge in [-0.25, -0.2) is 0 Å². The highest BCUT2D eigenvalue weighted by molar-refractivity contribution is 6.31. The summed E-state index contributed by atoms with van der Waals surface area (Å²) < 4.78 is 5.63. The normalized spacial score (nSPS) is 10.4. The number of nitrogens with one attached hydrogen (secondary N) is 1. The van der Waals surface area contributed by atoms with Gasteiger partial charge in [0, 0.05) is 17.1 Å². The van der Waals surface area contributed by atoms with Crippen LogP contribution in [0.5, 0.6) is 5.75 Å². The van der Waals surface area contributed by atoms with Gasteiger partial charge in [0.15, 0.2) is 0 Å². The molecule has 0 saturated heterocycles. The maximum absolute atomic E-state index is 11.9. The third kappa shape index (κ3) is 5.61. The summed E-state index contributed by atoms with van der Waals surface area (Å²) in [5.74, 6) is 0.785. The van der Waals surface area contributed by atoms with Crippen molar-refractivity contribution in [2.24, 2.45) is 0 Å². The van der Waals surface area contributed by atoms with Crippen LogP contribution in [0, 0.1) is 6.92 Å². The van der Waals surface area contributed by atoms with E-state index in [-0.39, 0.29) is 5.91 Å². The molecule has 2 rings (SSSR count). The number of benzene rings is 2. The molecule has 3 nitrogen and oxygen atoms in total. The number of halogens is 1. The van der Waals surface area contributed by atoms with Crippen LogP contribution in [0.4, 0.5) is 5.69 Å². The predicted octanol–water partition coefficient (Wildman–Crippen LogP) is 5.01. The summed E-state index contributed by atoms with van der Waals surface area (Å²) in [5.41, 5.74) is 3.08. The van der Waals surface area contributed by atoms with E-state index in [1.54, 1.807) is 0 Å². The number of rotatable bonds is 7. The summed E-state index contributed by atoms with van der Waals surface area (Å²) in [6.45, 7) is 4.55. The molecule has 0 bridgehead atoms. The first kappa shape index (κ1) is 17.4. The topological polar surface area (TPSA) is 38.3 Å². The molecule has 0 unspecified atom stereocenters. The summed E-state index contributed by atoms with van der Waals surface area (Å²) in [7, 11) is 0. The van der Waals surface area contributed by atoms with E-state index in [9.17, 15) is 4.79 Å². The zero-order chi connectivity index (χ0) is 16.7. The summed E-state index contributed by atoms with van der Waals surface area (Å²) in [6.07, 6.45) is 2.10. The Morgan fingerprint density at radius 2 is 1.91 bits per heavy atom. The molecule has 0 atom stereocenters. The standard InChI is InChI=1S/C19H22ClNO2/c1-3-15-6-8-16(9-7-15)21-19(22)5-4-12-23-17-10-11-18(20)14(2)13-17/h6-11,13H,3-5,12H2,1-2H3,(H,21,22). The SMILES string of the molecule is CCc1ccc(NC(=O)CCCOc2ccc(Cl)c(C)c2)cc1. The van der Waals surface area contributed by atoms with E-state index in [2.05, 4.69) is 12.2 Å². The van der Waals surface area contributed by atoms with Gasteiger partial charge in [0.2, 0.25) is 5.91 Å². The van der Waals surface area contributed by atoms with E-state index in [1.165, 1.54) is 5.56 Å². The Morgan fingerprint density at radius 3 is 2.57 bits per heavy atom. The Morgan fingerprint density at radius 1 is 1.17 bits per heavy atom. The number of carbonyl (C=O) groups excluding carboxylic acids is 1. The number of amides is 1. The Labute approximate surface area is 142 Å². The molecule has 122 valence electrons. The highest BCUT2D eigenvalue weighted by Gasteiger charge is 2.03. The molecule has 2 aromatic carbocycles. The average Bonchev–Trinajstić information content (AvgIpc) is 2.55. The van der Waals surface area contributed by atoms with Crippen LogP contribution in [-0.4, -0.2) is 12.5 Å². The number of anilines is 1. The summed E-state index contributed by atoms with van der Waals surface area (Å²) in [6, 6.07) is 13.5. The van der Waals surface area contributed by atoms with Crippen LogP contribution < -0.4 is 10.1 Å². The smallest absolute Gasteiger partial charge is 0.224 e. The maximum Gasteiger partial charge on any atom is 0.224 e. The van der Waals surface area contributed by atoms with Crippen LogP contribution in [0.2, 0.25) is 5.02 Å². The lowest BCUT2D eigenvalue weighted by Gasteiger charge is -2.08. The Kier molecular flexibility index (Phi) is 6.48. The Bertz CT molecular complexity index is 653. The second-order valence-corrected chi connectivity index (χ2v) is 5.87. The minimum absolute atomic E-state index is 0.00475. The first-order valence-electron chi connectivity index (χ1n) is 7.86. The highest BCUT2D eigenvalue weighted by atomic mass is 35.5. The second-order valence-electron chi connectivity index (χ2n) is 5.46. The summed E-state index contributed by atoms with van der Waals surface area (Å²) in [4.78, 5) is 11.9. The fourth-order valence-electron chi connectivity index (χ4n) is 2.18. The van der Waals surface area contributed by atoms with Gasteiger partial charge >= 0.3 is 0 Å². The number of hydrogen-bond acceptors (Lipinski definition) is 2. The van der Waals surface area contributed by atoms with Crippen molar-refractivity contribution in [3.63, 3.8) is 0 Å². The first-order chi connectivity index (χ1) is 11.1. The Hall–Kier alpha value is -2.00. The molecule has 0 radical (unpaired) electrons. The fraction of sp³-hybridized carbons (Fsp3) is 0.316. The van der Waals surface area contributed by atoms with Crippen LogP contribution >= 0.6 is 11.6 Å².